The number of morpholine rings is 3. The lowest BCUT2D eigenvalue weighted by molar-refractivity contribution is -0.0384. The number of halogens is 1. The van der Waals surface area contributed by atoms with Crippen LogP contribution < -0.4 is 31.5 Å². The van der Waals surface area contributed by atoms with Gasteiger partial charge >= 0.3 is 0 Å². The highest BCUT2D eigenvalue weighted by molar-refractivity contribution is 9.10. The molecule has 6 N–H and O–H groups in total. The highest BCUT2D eigenvalue weighted by Crippen LogP contribution is 2.44. The van der Waals surface area contributed by atoms with Gasteiger partial charge in [0.15, 0.2) is 12.5 Å². The summed E-state index contributed by atoms with van der Waals surface area (Å²) in [6.45, 7) is 32.7. The molecule has 5 fully saturated rings. The number of pyridine rings is 3. The van der Waals surface area contributed by atoms with Crippen LogP contribution in [0, 0.1) is 0 Å². The van der Waals surface area contributed by atoms with Crippen LogP contribution >= 0.6 is 49.9 Å². The number of aromatic nitrogens is 9. The first-order valence-corrected chi connectivity index (χ1v) is 35.1. The number of rotatable bonds is 9. The van der Waals surface area contributed by atoms with Crippen molar-refractivity contribution in [3.05, 3.63) is 77.7 Å². The van der Waals surface area contributed by atoms with E-state index in [1.54, 1.807) is 40.2 Å². The van der Waals surface area contributed by atoms with E-state index in [-0.39, 0.29) is 47.9 Å². The quantitative estimate of drug-likeness (QED) is 0.0907. The van der Waals surface area contributed by atoms with Crippen molar-refractivity contribution in [2.75, 3.05) is 78.6 Å². The van der Waals surface area contributed by atoms with Crippen LogP contribution in [0.5, 0.6) is 0 Å². The Kier molecular flexibility index (Phi) is 20.9. The molecule has 2 unspecified atom stereocenters. The van der Waals surface area contributed by atoms with E-state index < -0.39 is 0 Å². The summed E-state index contributed by atoms with van der Waals surface area (Å²) in [4.78, 5) is 22.6. The van der Waals surface area contributed by atoms with Crippen molar-refractivity contribution in [3.63, 3.8) is 0 Å². The zero-order valence-corrected chi connectivity index (χ0v) is 58.2. The lowest BCUT2D eigenvalue weighted by Gasteiger charge is -2.37. The summed E-state index contributed by atoms with van der Waals surface area (Å²) >= 11 is 8.95. The smallest absolute Gasteiger partial charge is 0.150 e. The van der Waals surface area contributed by atoms with Crippen molar-refractivity contribution >= 4 is 109 Å². The monoisotopic (exact) mass is 1350 g/mol. The van der Waals surface area contributed by atoms with Crippen molar-refractivity contribution in [1.82, 2.24) is 50.0 Å². The Morgan fingerprint density at radius 3 is 1.47 bits per heavy atom. The van der Waals surface area contributed by atoms with E-state index >= 15 is 0 Å². The van der Waals surface area contributed by atoms with Gasteiger partial charge in [-0.15, -0.1) is 34.0 Å². The molecule has 0 saturated carbocycles. The number of fused-ring (bicyclic) bond motifs is 3. The van der Waals surface area contributed by atoms with Crippen molar-refractivity contribution in [3.8, 4) is 31.7 Å². The van der Waals surface area contributed by atoms with Gasteiger partial charge in [0.2, 0.25) is 0 Å². The molecule has 0 spiro atoms. The molecule has 5 aliphatic rings. The number of nitrogens with zero attached hydrogens (tertiary/aromatic N) is 10. The Bertz CT molecular complexity index is 3770. The van der Waals surface area contributed by atoms with Gasteiger partial charge in [-0.2, -0.15) is 15.3 Å². The fourth-order valence-corrected chi connectivity index (χ4v) is 16.2. The minimum absolute atomic E-state index is 0.0143. The van der Waals surface area contributed by atoms with Crippen LogP contribution in [0.4, 0.5) is 28.8 Å². The molecule has 5 saturated heterocycles. The number of aromatic amines is 1. The maximum atomic E-state index is 6.04. The number of hydrogen-bond acceptors (Lipinski definition) is 20. The number of ether oxygens (including phenoxy) is 5. The lowest BCUT2D eigenvalue weighted by atomic mass is 10.1. The van der Waals surface area contributed by atoms with Crippen LogP contribution in [-0.4, -0.2) is 145 Å². The Morgan fingerprint density at radius 1 is 0.544 bits per heavy atom. The molecular formula is C66H90BrN15O5S3. The molecule has 8 atom stereocenters. The summed E-state index contributed by atoms with van der Waals surface area (Å²) in [7, 11) is 0. The van der Waals surface area contributed by atoms with Gasteiger partial charge in [0.25, 0.3) is 0 Å². The summed E-state index contributed by atoms with van der Waals surface area (Å²) in [6.07, 6.45) is 13.8. The highest BCUT2D eigenvalue weighted by Gasteiger charge is 2.30. The van der Waals surface area contributed by atoms with Gasteiger partial charge in [-0.1, -0.05) is 0 Å². The van der Waals surface area contributed by atoms with E-state index in [0.717, 1.165) is 153 Å². The van der Waals surface area contributed by atoms with Gasteiger partial charge in [-0.05, 0) is 180 Å². The average Bonchev–Trinajstić information content (AvgIpc) is 1.82. The molecule has 5 aliphatic heterocycles. The molecule has 14 rings (SSSR count). The number of hydrogen-bond donors (Lipinski definition) is 5. The second kappa shape index (κ2) is 28.6. The molecule has 0 radical (unpaired) electrons. The third-order valence-electron chi connectivity index (χ3n) is 15.7. The molecule has 90 heavy (non-hydrogen) atoms. The summed E-state index contributed by atoms with van der Waals surface area (Å²) in [6, 6.07) is 18.8. The van der Waals surface area contributed by atoms with E-state index in [2.05, 4.69) is 197 Å². The van der Waals surface area contributed by atoms with E-state index in [0.29, 0.717) is 18.0 Å². The second-order valence-corrected chi connectivity index (χ2v) is 30.5. The summed E-state index contributed by atoms with van der Waals surface area (Å²) < 4.78 is 37.9. The number of anilines is 5. The molecular weight excluding hydrogens is 1260 g/mol. The molecule has 9 aromatic rings. The zero-order chi connectivity index (χ0) is 63.4. The fraction of sp³-hybridized carbons (Fsp3) is 0.545. The molecule has 24 heteroatoms. The molecule has 0 amide bonds. The van der Waals surface area contributed by atoms with Crippen LogP contribution in [0.1, 0.15) is 134 Å². The summed E-state index contributed by atoms with van der Waals surface area (Å²) in [5, 5.41) is 26.5. The predicted octanol–water partition coefficient (Wildman–Crippen LogP) is 14.8. The van der Waals surface area contributed by atoms with Crippen molar-refractivity contribution in [2.24, 2.45) is 0 Å². The van der Waals surface area contributed by atoms with E-state index in [1.165, 1.54) is 28.1 Å². The van der Waals surface area contributed by atoms with Crippen molar-refractivity contribution < 1.29 is 23.7 Å². The second-order valence-electron chi connectivity index (χ2n) is 26.5. The third kappa shape index (κ3) is 16.5. The molecule has 0 aliphatic carbocycles. The zero-order valence-electron chi connectivity index (χ0n) is 54.1. The number of H-pyrrole nitrogens is 1. The van der Waals surface area contributed by atoms with E-state index in [9.17, 15) is 0 Å². The summed E-state index contributed by atoms with van der Waals surface area (Å²) in [5.74, 6) is 2.34. The topological polar surface area (TPSA) is 218 Å². The standard InChI is InChI=1S/C25H35N5O2S.C19H23BrN4OS.C16H19N5OS.C6H13NO/c1-16-14-29(15-17(2)32-16)20-13-22(28-25(3,4)5)27-18-12-21(33-24(18)20)19-9-10-26-30(19)23-8-6-7-11-31-23;1-19(2,3)23-16-10-12(20)18-13(22-16)11-15(26-18)14-7-8-21-24(14)17-6-4-5-9-25-17;1-9-7-21(8-10(2)22-9)13-6-15(17)19-12-5-14(23-16(12)13)11-3-4-18-20-11;1-5-3-7-4-6(2)8-5/h9-10,12-13,16-17,23H,6-8,11,14-15H2,1-5H3,(H,27,28);7-8,10-11,17H,4-6,9H2,1-3H3,(H,22,23);3-6,9-10H,7-8H2,1-2H3,(H2,17,19)(H,18,20);5-7H,3-4H2,1-2H3/t16-,17-,23?;;9-,10-;5-,6-/m1.11/s1. The number of nitrogens with one attached hydrogen (secondary N) is 4. The minimum atomic E-state index is -0.0701. The number of nitrogen functional groups attached to an aromatic ring is 1. The molecule has 0 bridgehead atoms. The van der Waals surface area contributed by atoms with Gasteiger partial charge in [-0.25, -0.2) is 24.3 Å². The van der Waals surface area contributed by atoms with Gasteiger partial charge in [0, 0.05) is 98.8 Å². The Labute approximate surface area is 549 Å². The predicted molar refractivity (Wildman–Crippen MR) is 373 cm³/mol. The van der Waals surface area contributed by atoms with Crippen molar-refractivity contribution in [2.45, 2.75) is 182 Å². The third-order valence-corrected chi connectivity index (χ3v) is 20.1. The SMILES string of the molecule is CC(C)(C)Nc1cc(Br)c2sc(-c3ccnn3C3CCCCO3)cc2n1.C[C@@H]1CN(c2cc(N)nc3cc(-c4ccn[nH]4)sc23)C[C@@H](C)O1.C[C@@H]1CN(c2cc(NC(C)(C)C)nc3cc(-c4ccnn4C4CCCCO4)sc23)C[C@@H](C)O1.C[C@@H]1CNC[C@@H](C)O1. The van der Waals surface area contributed by atoms with Gasteiger partial charge in [0.1, 0.15) is 17.5 Å². The number of thiophene rings is 3. The molecule has 484 valence electrons. The van der Waals surface area contributed by atoms with Crippen LogP contribution in [0.25, 0.3) is 62.4 Å². The average molecular weight is 1350 g/mol. The highest BCUT2D eigenvalue weighted by atomic mass is 79.9. The van der Waals surface area contributed by atoms with E-state index in [4.69, 9.17) is 39.4 Å². The van der Waals surface area contributed by atoms with Gasteiger partial charge in [0.05, 0.1) is 110 Å². The Morgan fingerprint density at radius 2 is 1.00 bits per heavy atom. The Balaban J connectivity index is 0.000000132. The maximum Gasteiger partial charge on any atom is 0.150 e. The molecule has 20 nitrogen and oxygen atoms in total. The lowest BCUT2D eigenvalue weighted by Crippen LogP contribution is -2.45. The van der Waals surface area contributed by atoms with Crippen LogP contribution in [0.15, 0.2) is 77.7 Å². The van der Waals surface area contributed by atoms with Crippen LogP contribution in [0.2, 0.25) is 0 Å². The van der Waals surface area contributed by atoms with Gasteiger partial charge < -0.3 is 55.2 Å². The largest absolute Gasteiger partial charge is 0.384 e. The molecule has 0 aromatic carbocycles. The fourth-order valence-electron chi connectivity index (χ4n) is 12.2. The van der Waals surface area contributed by atoms with Crippen LogP contribution in [0.3, 0.4) is 0 Å². The summed E-state index contributed by atoms with van der Waals surface area (Å²) in [5.41, 5.74) is 14.4. The normalized spacial score (nSPS) is 23.4. The number of nitrogens with two attached hydrogens (primary N) is 1. The van der Waals surface area contributed by atoms with E-state index in [1.807, 2.05) is 29.2 Å². The van der Waals surface area contributed by atoms with Crippen molar-refractivity contribution in [1.29, 1.82) is 0 Å². The first kappa shape index (κ1) is 65.7. The molecule has 9 aromatic heterocycles. The first-order chi connectivity index (χ1) is 43.1. The molecule has 14 heterocycles. The van der Waals surface area contributed by atoms with Crippen LogP contribution in [-0.2, 0) is 23.7 Å². The first-order valence-electron chi connectivity index (χ1n) is 31.8. The Hall–Kier alpha value is -5.80. The maximum absolute atomic E-state index is 6.04. The minimum Gasteiger partial charge on any atom is -0.384 e. The van der Waals surface area contributed by atoms with Gasteiger partial charge in [-0.3, -0.25) is 5.10 Å².